The number of nitrogen functional groups attached to an aromatic ring is 1. The van der Waals surface area contributed by atoms with Crippen molar-refractivity contribution in [3.05, 3.63) is 21.9 Å². The predicted molar refractivity (Wildman–Crippen MR) is 71.0 cm³/mol. The molecule has 0 fully saturated rings. The zero-order valence-corrected chi connectivity index (χ0v) is 11.3. The summed E-state index contributed by atoms with van der Waals surface area (Å²) in [5, 5.41) is 16.8. The zero-order valence-electron chi connectivity index (χ0n) is 9.66. The van der Waals surface area contributed by atoms with Crippen LogP contribution in [0.4, 0.5) is 5.95 Å². The van der Waals surface area contributed by atoms with Crippen molar-refractivity contribution < 1.29 is 9.90 Å². The summed E-state index contributed by atoms with van der Waals surface area (Å²) in [6.45, 7) is 2.60. The minimum absolute atomic E-state index is 0.0540. The van der Waals surface area contributed by atoms with E-state index < -0.39 is 5.97 Å². The summed E-state index contributed by atoms with van der Waals surface area (Å²) >= 11 is 2.79. The van der Waals surface area contributed by atoms with Crippen LogP contribution >= 0.6 is 23.1 Å². The highest BCUT2D eigenvalue weighted by atomic mass is 32.2. The van der Waals surface area contributed by atoms with E-state index in [0.717, 1.165) is 16.6 Å². The fraction of sp³-hybridized carbons (Fsp3) is 0.300. The molecule has 0 spiro atoms. The second-order valence-electron chi connectivity index (χ2n) is 3.62. The third kappa shape index (κ3) is 3.02. The molecular weight excluding hydrogens is 272 g/mol. The summed E-state index contributed by atoms with van der Waals surface area (Å²) in [5.41, 5.74) is 5.74. The van der Waals surface area contributed by atoms with Gasteiger partial charge in [0.2, 0.25) is 5.95 Å². The van der Waals surface area contributed by atoms with Gasteiger partial charge in [-0.25, -0.2) is 0 Å². The van der Waals surface area contributed by atoms with Gasteiger partial charge in [0.15, 0.2) is 5.16 Å². The van der Waals surface area contributed by atoms with Gasteiger partial charge in [0.1, 0.15) is 0 Å². The van der Waals surface area contributed by atoms with Crippen LogP contribution in [0, 0.1) is 6.92 Å². The molecule has 2 rings (SSSR count). The van der Waals surface area contributed by atoms with Gasteiger partial charge in [-0.2, -0.15) is 0 Å². The van der Waals surface area contributed by atoms with E-state index in [9.17, 15) is 4.79 Å². The first-order valence-corrected chi connectivity index (χ1v) is 6.95. The monoisotopic (exact) mass is 284 g/mol. The molecule has 0 aliphatic heterocycles. The van der Waals surface area contributed by atoms with Crippen LogP contribution in [0.15, 0.2) is 17.3 Å². The lowest BCUT2D eigenvalue weighted by Gasteiger charge is -2.05. The van der Waals surface area contributed by atoms with Crippen molar-refractivity contribution in [1.29, 1.82) is 0 Å². The van der Waals surface area contributed by atoms with E-state index in [0.29, 0.717) is 17.6 Å². The standard InChI is InChI=1S/C10H12N4O2S2/c1-6-2-3-7(18-6)4-14-9(11)12-13-10(14)17-5-8(15)16/h2-3H,4-5H2,1H3,(H2,11,12)(H,15,16). The van der Waals surface area contributed by atoms with Crippen molar-refractivity contribution in [2.75, 3.05) is 11.5 Å². The van der Waals surface area contributed by atoms with Crippen molar-refractivity contribution in [3.63, 3.8) is 0 Å². The highest BCUT2D eigenvalue weighted by molar-refractivity contribution is 7.99. The van der Waals surface area contributed by atoms with Gasteiger partial charge in [-0.05, 0) is 19.1 Å². The SMILES string of the molecule is Cc1ccc(Cn2c(N)nnc2SCC(=O)O)s1. The number of thiophene rings is 1. The fourth-order valence-electron chi connectivity index (χ4n) is 1.41. The van der Waals surface area contributed by atoms with Gasteiger partial charge in [-0.15, -0.1) is 21.5 Å². The molecule has 8 heteroatoms. The number of carboxylic acids is 1. The van der Waals surface area contributed by atoms with Gasteiger partial charge in [0.05, 0.1) is 12.3 Å². The maximum absolute atomic E-state index is 10.5. The van der Waals surface area contributed by atoms with Gasteiger partial charge < -0.3 is 10.8 Å². The lowest BCUT2D eigenvalue weighted by atomic mass is 10.4. The first-order valence-electron chi connectivity index (χ1n) is 5.15. The molecule has 0 saturated carbocycles. The molecule has 96 valence electrons. The number of carbonyl (C=O) groups is 1. The summed E-state index contributed by atoms with van der Waals surface area (Å²) in [6, 6.07) is 4.05. The normalized spacial score (nSPS) is 10.7. The van der Waals surface area contributed by atoms with Gasteiger partial charge in [0, 0.05) is 9.75 Å². The quantitative estimate of drug-likeness (QED) is 0.807. The molecule has 0 radical (unpaired) electrons. The molecule has 0 unspecified atom stereocenters. The fourth-order valence-corrected chi connectivity index (χ4v) is 2.95. The second kappa shape index (κ2) is 5.40. The number of aromatic nitrogens is 3. The lowest BCUT2D eigenvalue weighted by Crippen LogP contribution is -2.06. The molecular formula is C10H12N4O2S2. The van der Waals surface area contributed by atoms with Crippen molar-refractivity contribution in [2.24, 2.45) is 0 Å². The smallest absolute Gasteiger partial charge is 0.313 e. The van der Waals surface area contributed by atoms with Crippen LogP contribution in [0.25, 0.3) is 0 Å². The van der Waals surface area contributed by atoms with E-state index >= 15 is 0 Å². The number of thioether (sulfide) groups is 1. The van der Waals surface area contributed by atoms with E-state index in [1.807, 2.05) is 19.1 Å². The Balaban J connectivity index is 2.16. The van der Waals surface area contributed by atoms with Crippen molar-refractivity contribution in [3.8, 4) is 0 Å². The molecule has 2 aromatic rings. The summed E-state index contributed by atoms with van der Waals surface area (Å²) < 4.78 is 1.72. The minimum Gasteiger partial charge on any atom is -0.481 e. The third-order valence-corrected chi connectivity index (χ3v) is 4.12. The minimum atomic E-state index is -0.889. The van der Waals surface area contributed by atoms with Crippen LogP contribution in [0.5, 0.6) is 0 Å². The number of aliphatic carboxylic acids is 1. The third-order valence-electron chi connectivity index (χ3n) is 2.18. The molecule has 18 heavy (non-hydrogen) atoms. The molecule has 0 aromatic carbocycles. The maximum Gasteiger partial charge on any atom is 0.313 e. The molecule has 3 N–H and O–H groups in total. The summed E-state index contributed by atoms with van der Waals surface area (Å²) in [7, 11) is 0. The Kier molecular flexibility index (Phi) is 3.87. The Bertz CT molecular complexity index is 564. The van der Waals surface area contributed by atoms with Crippen molar-refractivity contribution in [2.45, 2.75) is 18.6 Å². The molecule has 2 aromatic heterocycles. The predicted octanol–water partition coefficient (Wildman–Crippen LogP) is 1.46. The van der Waals surface area contributed by atoms with Gasteiger partial charge in [-0.3, -0.25) is 9.36 Å². The lowest BCUT2D eigenvalue weighted by molar-refractivity contribution is -0.133. The van der Waals surface area contributed by atoms with Crippen LogP contribution in [-0.2, 0) is 11.3 Å². The first-order chi connectivity index (χ1) is 8.56. The topological polar surface area (TPSA) is 94.0 Å². The van der Waals surface area contributed by atoms with Crippen LogP contribution in [-0.4, -0.2) is 31.6 Å². The first kappa shape index (κ1) is 12.9. The molecule has 0 aliphatic rings. The Labute approximate surface area is 112 Å². The molecule has 0 saturated heterocycles. The summed E-state index contributed by atoms with van der Waals surface area (Å²) in [6.07, 6.45) is 0. The van der Waals surface area contributed by atoms with Gasteiger partial charge in [0.25, 0.3) is 0 Å². The average molecular weight is 284 g/mol. The van der Waals surface area contributed by atoms with E-state index in [2.05, 4.69) is 10.2 Å². The molecule has 0 amide bonds. The number of rotatable bonds is 5. The molecule has 6 nitrogen and oxygen atoms in total. The van der Waals surface area contributed by atoms with Gasteiger partial charge >= 0.3 is 5.97 Å². The second-order valence-corrected chi connectivity index (χ2v) is 5.94. The Hall–Kier alpha value is -1.54. The highest BCUT2D eigenvalue weighted by Gasteiger charge is 2.12. The average Bonchev–Trinajstić information content (AvgIpc) is 2.85. The van der Waals surface area contributed by atoms with Crippen LogP contribution in [0.3, 0.4) is 0 Å². The number of nitrogens with zero attached hydrogens (tertiary/aromatic N) is 3. The summed E-state index contributed by atoms with van der Waals surface area (Å²) in [5.74, 6) is -0.643. The number of hydrogen-bond acceptors (Lipinski definition) is 6. The summed E-state index contributed by atoms with van der Waals surface area (Å²) in [4.78, 5) is 12.9. The van der Waals surface area contributed by atoms with E-state index in [1.54, 1.807) is 15.9 Å². The highest BCUT2D eigenvalue weighted by Crippen LogP contribution is 2.22. The van der Waals surface area contributed by atoms with Gasteiger partial charge in [-0.1, -0.05) is 11.8 Å². The molecule has 0 aliphatic carbocycles. The molecule has 2 heterocycles. The number of carboxylic acid groups (broad SMARTS) is 1. The Morgan fingerprint density at radius 1 is 1.56 bits per heavy atom. The van der Waals surface area contributed by atoms with Crippen LogP contribution in [0.1, 0.15) is 9.75 Å². The van der Waals surface area contributed by atoms with Crippen molar-refractivity contribution >= 4 is 35.0 Å². The number of nitrogens with two attached hydrogens (primary N) is 1. The van der Waals surface area contributed by atoms with Crippen LogP contribution < -0.4 is 5.73 Å². The Morgan fingerprint density at radius 3 is 2.94 bits per heavy atom. The van der Waals surface area contributed by atoms with E-state index in [-0.39, 0.29) is 5.75 Å². The number of hydrogen-bond donors (Lipinski definition) is 2. The number of aryl methyl sites for hydroxylation is 1. The Morgan fingerprint density at radius 2 is 2.33 bits per heavy atom. The number of anilines is 1. The van der Waals surface area contributed by atoms with Crippen molar-refractivity contribution in [1.82, 2.24) is 14.8 Å². The zero-order chi connectivity index (χ0) is 13.1. The maximum atomic E-state index is 10.5. The largest absolute Gasteiger partial charge is 0.481 e. The molecule has 0 atom stereocenters. The van der Waals surface area contributed by atoms with Crippen LogP contribution in [0.2, 0.25) is 0 Å². The van der Waals surface area contributed by atoms with E-state index in [4.69, 9.17) is 10.8 Å². The van der Waals surface area contributed by atoms with E-state index in [1.165, 1.54) is 4.88 Å². The molecule has 0 bridgehead atoms.